The number of rotatable bonds is 5. The predicted molar refractivity (Wildman–Crippen MR) is 94.9 cm³/mol. The first kappa shape index (κ1) is 16.3. The van der Waals surface area contributed by atoms with Gasteiger partial charge in [0.1, 0.15) is 5.75 Å². The summed E-state index contributed by atoms with van der Waals surface area (Å²) in [6, 6.07) is 7.84. The highest BCUT2D eigenvalue weighted by Gasteiger charge is 2.12. The number of hydrogen-bond donors (Lipinski definition) is 1. The Morgan fingerprint density at radius 3 is 2.71 bits per heavy atom. The van der Waals surface area contributed by atoms with Crippen LogP contribution in [0.3, 0.4) is 0 Å². The highest BCUT2D eigenvalue weighted by molar-refractivity contribution is 6.32. The summed E-state index contributed by atoms with van der Waals surface area (Å²) in [5.74, 6) is 1.15. The van der Waals surface area contributed by atoms with Gasteiger partial charge in [-0.3, -0.25) is 4.68 Å². The van der Waals surface area contributed by atoms with E-state index in [1.54, 1.807) is 19.5 Å². The van der Waals surface area contributed by atoms with Crippen molar-refractivity contribution in [2.24, 2.45) is 0 Å². The van der Waals surface area contributed by atoms with Gasteiger partial charge in [0.25, 0.3) is 0 Å². The predicted octanol–water partition coefficient (Wildman–Crippen LogP) is 4.33. The fourth-order valence-corrected chi connectivity index (χ4v) is 2.44. The topological polar surface area (TPSA) is 64.9 Å². The molecule has 0 unspecified atom stereocenters. The number of halogens is 1. The lowest BCUT2D eigenvalue weighted by Gasteiger charge is -2.10. The minimum atomic E-state index is 0.269. The van der Waals surface area contributed by atoms with Gasteiger partial charge in [0, 0.05) is 17.8 Å². The molecule has 0 saturated carbocycles. The van der Waals surface area contributed by atoms with E-state index in [1.165, 1.54) is 0 Å². The number of aromatic nitrogens is 4. The average Bonchev–Trinajstić information content (AvgIpc) is 3.07. The largest absolute Gasteiger partial charge is 0.495 e. The molecule has 2 aromatic heterocycles. The Labute approximate surface area is 145 Å². The van der Waals surface area contributed by atoms with Gasteiger partial charge >= 0.3 is 0 Å². The molecule has 0 spiro atoms. The summed E-state index contributed by atoms with van der Waals surface area (Å²) in [4.78, 5) is 8.76. The maximum Gasteiger partial charge on any atom is 0.227 e. The molecular weight excluding hydrogens is 326 g/mol. The highest BCUT2D eigenvalue weighted by Crippen LogP contribution is 2.29. The fourth-order valence-electron chi connectivity index (χ4n) is 2.24. The molecule has 0 saturated heterocycles. The van der Waals surface area contributed by atoms with Crippen molar-refractivity contribution in [3.8, 4) is 17.0 Å². The number of methoxy groups -OCH3 is 1. The van der Waals surface area contributed by atoms with Gasteiger partial charge in [0.05, 0.1) is 35.9 Å². The molecule has 0 radical (unpaired) electrons. The molecule has 1 N–H and O–H groups in total. The second kappa shape index (κ2) is 6.88. The molecule has 0 bridgehead atoms. The highest BCUT2D eigenvalue weighted by atomic mass is 35.5. The van der Waals surface area contributed by atoms with Crippen molar-refractivity contribution in [2.45, 2.75) is 19.9 Å². The number of benzene rings is 1. The zero-order valence-corrected chi connectivity index (χ0v) is 14.4. The van der Waals surface area contributed by atoms with E-state index in [0.717, 1.165) is 11.3 Å². The van der Waals surface area contributed by atoms with Crippen LogP contribution in [-0.2, 0) is 0 Å². The van der Waals surface area contributed by atoms with Crippen LogP contribution in [0.5, 0.6) is 5.75 Å². The van der Waals surface area contributed by atoms with E-state index in [-0.39, 0.29) is 6.04 Å². The Morgan fingerprint density at radius 1 is 1.21 bits per heavy atom. The first-order chi connectivity index (χ1) is 11.6. The van der Waals surface area contributed by atoms with Gasteiger partial charge in [-0.05, 0) is 26.0 Å². The molecule has 124 valence electrons. The van der Waals surface area contributed by atoms with Crippen molar-refractivity contribution < 1.29 is 4.74 Å². The third-order valence-electron chi connectivity index (χ3n) is 3.50. The van der Waals surface area contributed by atoms with Gasteiger partial charge in [0.2, 0.25) is 5.95 Å². The maximum atomic E-state index is 6.27. The Kier molecular flexibility index (Phi) is 4.66. The number of nitrogens with one attached hydrogen (secondary N) is 1. The van der Waals surface area contributed by atoms with E-state index in [4.69, 9.17) is 16.3 Å². The summed E-state index contributed by atoms with van der Waals surface area (Å²) < 4.78 is 7.19. The minimum absolute atomic E-state index is 0.269. The summed E-state index contributed by atoms with van der Waals surface area (Å²) in [6.45, 7) is 4.13. The average molecular weight is 344 g/mol. The summed E-state index contributed by atoms with van der Waals surface area (Å²) in [5, 5.41) is 7.96. The summed E-state index contributed by atoms with van der Waals surface area (Å²) in [5.41, 5.74) is 2.27. The van der Waals surface area contributed by atoms with E-state index >= 15 is 0 Å². The molecule has 6 nitrogen and oxygen atoms in total. The standard InChI is InChI=1S/C17H18ClN5O/c1-11(2)23-10-12(8-20-23)16-13(18)9-19-17(22-16)21-14-6-4-5-7-15(14)24-3/h4-11H,1-3H3,(H,19,21,22). The van der Waals surface area contributed by atoms with Crippen molar-refractivity contribution in [2.75, 3.05) is 12.4 Å². The van der Waals surface area contributed by atoms with Crippen LogP contribution in [0.2, 0.25) is 5.02 Å². The molecular formula is C17H18ClN5O. The van der Waals surface area contributed by atoms with E-state index in [0.29, 0.717) is 22.4 Å². The molecule has 3 rings (SSSR count). The van der Waals surface area contributed by atoms with Crippen molar-refractivity contribution in [1.82, 2.24) is 19.7 Å². The van der Waals surface area contributed by atoms with Gasteiger partial charge in [-0.25, -0.2) is 9.97 Å². The van der Waals surface area contributed by atoms with Crippen LogP contribution in [0.25, 0.3) is 11.3 Å². The van der Waals surface area contributed by atoms with Crippen LogP contribution in [0.15, 0.2) is 42.9 Å². The molecule has 0 amide bonds. The zero-order chi connectivity index (χ0) is 17.1. The summed E-state index contributed by atoms with van der Waals surface area (Å²) in [6.07, 6.45) is 5.25. The van der Waals surface area contributed by atoms with Crippen LogP contribution in [0.1, 0.15) is 19.9 Å². The molecule has 0 aliphatic rings. The molecule has 2 heterocycles. The Hall–Kier alpha value is -2.60. The second-order valence-electron chi connectivity index (χ2n) is 5.52. The number of nitrogens with zero attached hydrogens (tertiary/aromatic N) is 4. The smallest absolute Gasteiger partial charge is 0.227 e. The number of para-hydroxylation sites is 2. The van der Waals surface area contributed by atoms with E-state index < -0.39 is 0 Å². The molecule has 7 heteroatoms. The lowest BCUT2D eigenvalue weighted by atomic mass is 10.2. The molecule has 1 aromatic carbocycles. The zero-order valence-electron chi connectivity index (χ0n) is 13.7. The number of ether oxygens (including phenoxy) is 1. The van der Waals surface area contributed by atoms with Crippen molar-refractivity contribution >= 4 is 23.2 Å². The Morgan fingerprint density at radius 2 is 2.00 bits per heavy atom. The summed E-state index contributed by atoms with van der Waals surface area (Å²) >= 11 is 6.27. The van der Waals surface area contributed by atoms with Gasteiger partial charge in [0.15, 0.2) is 0 Å². The van der Waals surface area contributed by atoms with E-state index in [1.807, 2.05) is 35.1 Å². The number of hydrogen-bond acceptors (Lipinski definition) is 5. The van der Waals surface area contributed by atoms with E-state index in [2.05, 4.69) is 34.2 Å². The Balaban J connectivity index is 1.94. The lowest BCUT2D eigenvalue weighted by Crippen LogP contribution is -2.01. The third-order valence-corrected chi connectivity index (χ3v) is 3.78. The molecule has 0 aliphatic carbocycles. The summed E-state index contributed by atoms with van der Waals surface area (Å²) in [7, 11) is 1.62. The first-order valence-electron chi connectivity index (χ1n) is 7.55. The third kappa shape index (κ3) is 3.33. The normalized spacial score (nSPS) is 10.9. The van der Waals surface area contributed by atoms with Crippen molar-refractivity contribution in [3.05, 3.63) is 47.9 Å². The van der Waals surface area contributed by atoms with E-state index in [9.17, 15) is 0 Å². The van der Waals surface area contributed by atoms with Crippen LogP contribution in [-0.4, -0.2) is 26.9 Å². The first-order valence-corrected chi connectivity index (χ1v) is 7.93. The number of anilines is 2. The monoisotopic (exact) mass is 343 g/mol. The fraction of sp³-hybridized carbons (Fsp3) is 0.235. The lowest BCUT2D eigenvalue weighted by molar-refractivity contribution is 0.417. The quantitative estimate of drug-likeness (QED) is 0.747. The van der Waals surface area contributed by atoms with Gasteiger partial charge in [-0.2, -0.15) is 5.10 Å². The second-order valence-corrected chi connectivity index (χ2v) is 5.93. The molecule has 24 heavy (non-hydrogen) atoms. The molecule has 3 aromatic rings. The SMILES string of the molecule is COc1ccccc1Nc1ncc(Cl)c(-c2cnn(C(C)C)c2)n1. The van der Waals surface area contributed by atoms with Gasteiger partial charge in [-0.15, -0.1) is 0 Å². The molecule has 0 atom stereocenters. The molecule has 0 aliphatic heterocycles. The van der Waals surface area contributed by atoms with Crippen LogP contribution in [0, 0.1) is 0 Å². The van der Waals surface area contributed by atoms with Gasteiger partial charge in [-0.1, -0.05) is 23.7 Å². The van der Waals surface area contributed by atoms with Crippen LogP contribution in [0.4, 0.5) is 11.6 Å². The van der Waals surface area contributed by atoms with Crippen LogP contribution < -0.4 is 10.1 Å². The maximum absolute atomic E-state index is 6.27. The van der Waals surface area contributed by atoms with Gasteiger partial charge < -0.3 is 10.1 Å². The molecule has 0 fully saturated rings. The Bertz CT molecular complexity index is 847. The minimum Gasteiger partial charge on any atom is -0.495 e. The van der Waals surface area contributed by atoms with Crippen LogP contribution >= 0.6 is 11.6 Å². The van der Waals surface area contributed by atoms with Crippen molar-refractivity contribution in [1.29, 1.82) is 0 Å². The van der Waals surface area contributed by atoms with Crippen molar-refractivity contribution in [3.63, 3.8) is 0 Å².